The van der Waals surface area contributed by atoms with Crippen LogP contribution in [0.3, 0.4) is 0 Å². The maximum absolute atomic E-state index is 13.5. The maximum Gasteiger partial charge on any atom is 0.224 e. The smallest absolute Gasteiger partial charge is 0.224 e. The standard InChI is InChI=1S/C17H21FN2O/c18-16-9-8-15(12-14(16)7-4-10-19)20-17(21)11-13-5-2-1-3-6-13/h8-9,12-13H,1-3,5-6,10-11,19H2,(H,20,21). The molecule has 2 rings (SSSR count). The van der Waals surface area contributed by atoms with Gasteiger partial charge in [0.15, 0.2) is 0 Å². The zero-order valence-corrected chi connectivity index (χ0v) is 12.1. The highest BCUT2D eigenvalue weighted by atomic mass is 19.1. The summed E-state index contributed by atoms with van der Waals surface area (Å²) in [5.74, 6) is 5.36. The molecule has 3 nitrogen and oxygen atoms in total. The van der Waals surface area contributed by atoms with Gasteiger partial charge < -0.3 is 11.1 Å². The molecule has 1 aliphatic carbocycles. The van der Waals surface area contributed by atoms with Crippen molar-refractivity contribution in [2.45, 2.75) is 38.5 Å². The van der Waals surface area contributed by atoms with E-state index >= 15 is 0 Å². The number of hydrogen-bond donors (Lipinski definition) is 2. The Morgan fingerprint density at radius 2 is 2.10 bits per heavy atom. The second kappa shape index (κ2) is 7.80. The quantitative estimate of drug-likeness (QED) is 0.840. The Labute approximate surface area is 125 Å². The molecule has 3 N–H and O–H groups in total. The molecule has 0 aromatic heterocycles. The Bertz CT molecular complexity index is 554. The first-order valence-corrected chi connectivity index (χ1v) is 7.47. The van der Waals surface area contributed by atoms with Gasteiger partial charge in [-0.2, -0.15) is 0 Å². The van der Waals surface area contributed by atoms with Gasteiger partial charge in [-0.15, -0.1) is 0 Å². The SMILES string of the molecule is NCC#Cc1cc(NC(=O)CC2CCCCC2)ccc1F. The summed E-state index contributed by atoms with van der Waals surface area (Å²) >= 11 is 0. The molecular weight excluding hydrogens is 267 g/mol. The molecule has 0 aliphatic heterocycles. The summed E-state index contributed by atoms with van der Waals surface area (Å²) in [6.07, 6.45) is 6.51. The van der Waals surface area contributed by atoms with Crippen LogP contribution < -0.4 is 11.1 Å². The number of anilines is 1. The number of nitrogens with one attached hydrogen (secondary N) is 1. The van der Waals surface area contributed by atoms with Gasteiger partial charge in [0.05, 0.1) is 12.1 Å². The van der Waals surface area contributed by atoms with Gasteiger partial charge in [0.1, 0.15) is 5.82 Å². The monoisotopic (exact) mass is 288 g/mol. The fourth-order valence-corrected chi connectivity index (χ4v) is 2.71. The molecule has 4 heteroatoms. The lowest BCUT2D eigenvalue weighted by atomic mass is 9.87. The number of nitrogens with two attached hydrogens (primary N) is 1. The van der Waals surface area contributed by atoms with E-state index in [1.807, 2.05) is 0 Å². The molecule has 0 unspecified atom stereocenters. The summed E-state index contributed by atoms with van der Waals surface area (Å²) in [5, 5.41) is 2.83. The molecule has 21 heavy (non-hydrogen) atoms. The molecule has 0 bridgehead atoms. The Kier molecular flexibility index (Phi) is 5.77. The molecule has 1 aliphatic rings. The summed E-state index contributed by atoms with van der Waals surface area (Å²) in [7, 11) is 0. The van der Waals surface area contributed by atoms with Crippen molar-refractivity contribution in [1.29, 1.82) is 0 Å². The number of carbonyl (C=O) groups excluding carboxylic acids is 1. The highest BCUT2D eigenvalue weighted by molar-refractivity contribution is 5.91. The van der Waals surface area contributed by atoms with E-state index in [0.717, 1.165) is 12.8 Å². The van der Waals surface area contributed by atoms with Crippen LogP contribution in [-0.4, -0.2) is 12.5 Å². The third kappa shape index (κ3) is 4.87. The van der Waals surface area contributed by atoms with E-state index < -0.39 is 5.82 Å². The minimum absolute atomic E-state index is 0.00811. The van der Waals surface area contributed by atoms with Gasteiger partial charge in [0.2, 0.25) is 5.91 Å². The van der Waals surface area contributed by atoms with Gasteiger partial charge in [-0.05, 0) is 37.0 Å². The van der Waals surface area contributed by atoms with Crippen molar-refractivity contribution in [3.63, 3.8) is 0 Å². The van der Waals surface area contributed by atoms with Gasteiger partial charge in [0.25, 0.3) is 0 Å². The molecule has 0 saturated heterocycles. The maximum atomic E-state index is 13.5. The lowest BCUT2D eigenvalue weighted by Gasteiger charge is -2.20. The topological polar surface area (TPSA) is 55.1 Å². The van der Waals surface area contributed by atoms with Crippen molar-refractivity contribution in [3.8, 4) is 11.8 Å². The van der Waals surface area contributed by atoms with Crippen LogP contribution in [0.4, 0.5) is 10.1 Å². The first kappa shape index (κ1) is 15.5. The van der Waals surface area contributed by atoms with E-state index in [2.05, 4.69) is 17.2 Å². The predicted octanol–water partition coefficient (Wildman–Crippen LogP) is 3.04. The van der Waals surface area contributed by atoms with Crippen LogP contribution in [0.1, 0.15) is 44.1 Å². The zero-order chi connectivity index (χ0) is 15.1. The lowest BCUT2D eigenvalue weighted by molar-refractivity contribution is -0.117. The molecule has 0 atom stereocenters. The largest absolute Gasteiger partial charge is 0.326 e. The molecule has 0 spiro atoms. The number of hydrogen-bond acceptors (Lipinski definition) is 2. The van der Waals surface area contributed by atoms with Crippen molar-refractivity contribution in [1.82, 2.24) is 0 Å². The van der Waals surface area contributed by atoms with Gasteiger partial charge in [-0.1, -0.05) is 31.1 Å². The fourth-order valence-electron chi connectivity index (χ4n) is 2.71. The highest BCUT2D eigenvalue weighted by Crippen LogP contribution is 2.26. The highest BCUT2D eigenvalue weighted by Gasteiger charge is 2.17. The van der Waals surface area contributed by atoms with Crippen LogP contribution in [0.5, 0.6) is 0 Å². The van der Waals surface area contributed by atoms with E-state index in [0.29, 0.717) is 18.0 Å². The normalized spacial score (nSPS) is 15.1. The van der Waals surface area contributed by atoms with Crippen LogP contribution in [-0.2, 0) is 4.79 Å². The second-order valence-electron chi connectivity index (χ2n) is 5.46. The number of carbonyl (C=O) groups is 1. The number of rotatable bonds is 3. The average molecular weight is 288 g/mol. The predicted molar refractivity (Wildman–Crippen MR) is 82.2 cm³/mol. The van der Waals surface area contributed by atoms with Crippen LogP contribution in [0.2, 0.25) is 0 Å². The van der Waals surface area contributed by atoms with Gasteiger partial charge >= 0.3 is 0 Å². The Morgan fingerprint density at radius 3 is 2.81 bits per heavy atom. The second-order valence-corrected chi connectivity index (χ2v) is 5.46. The number of amides is 1. The molecule has 112 valence electrons. The Hall–Kier alpha value is -1.86. The molecular formula is C17H21FN2O. The van der Waals surface area contributed by atoms with E-state index in [1.165, 1.54) is 25.3 Å². The van der Waals surface area contributed by atoms with Gasteiger partial charge in [-0.25, -0.2) is 4.39 Å². The summed E-state index contributed by atoms with van der Waals surface area (Å²) < 4.78 is 13.5. The van der Waals surface area contributed by atoms with Crippen molar-refractivity contribution in [2.75, 3.05) is 11.9 Å². The van der Waals surface area contributed by atoms with E-state index in [4.69, 9.17) is 5.73 Å². The summed E-state index contributed by atoms with van der Waals surface area (Å²) in [6.45, 7) is 0.178. The van der Waals surface area contributed by atoms with E-state index in [1.54, 1.807) is 12.1 Å². The van der Waals surface area contributed by atoms with Crippen molar-refractivity contribution >= 4 is 11.6 Å². The van der Waals surface area contributed by atoms with Crippen LogP contribution in [0, 0.1) is 23.6 Å². The van der Waals surface area contributed by atoms with Crippen molar-refractivity contribution in [3.05, 3.63) is 29.6 Å². The lowest BCUT2D eigenvalue weighted by Crippen LogP contribution is -2.18. The van der Waals surface area contributed by atoms with Crippen molar-refractivity contribution in [2.24, 2.45) is 11.7 Å². The Morgan fingerprint density at radius 1 is 1.33 bits per heavy atom. The van der Waals surface area contributed by atoms with E-state index in [9.17, 15) is 9.18 Å². The third-order valence-electron chi connectivity index (χ3n) is 3.77. The fraction of sp³-hybridized carbons (Fsp3) is 0.471. The van der Waals surface area contributed by atoms with Gasteiger partial charge in [-0.3, -0.25) is 4.79 Å². The molecule has 1 amide bonds. The summed E-state index contributed by atoms with van der Waals surface area (Å²) in [5.41, 5.74) is 6.13. The average Bonchev–Trinajstić information content (AvgIpc) is 2.48. The molecule has 0 radical (unpaired) electrons. The first-order chi connectivity index (χ1) is 10.2. The minimum atomic E-state index is -0.402. The molecule has 1 aromatic rings. The minimum Gasteiger partial charge on any atom is -0.326 e. The van der Waals surface area contributed by atoms with Crippen molar-refractivity contribution < 1.29 is 9.18 Å². The Balaban J connectivity index is 1.96. The summed E-state index contributed by atoms with van der Waals surface area (Å²) in [6, 6.07) is 4.43. The molecule has 1 aromatic carbocycles. The van der Waals surface area contributed by atoms with Gasteiger partial charge in [0, 0.05) is 12.1 Å². The summed E-state index contributed by atoms with van der Waals surface area (Å²) in [4.78, 5) is 12.0. The molecule has 0 heterocycles. The molecule has 1 saturated carbocycles. The van der Waals surface area contributed by atoms with Crippen LogP contribution in [0.15, 0.2) is 18.2 Å². The van der Waals surface area contributed by atoms with Crippen LogP contribution in [0.25, 0.3) is 0 Å². The zero-order valence-electron chi connectivity index (χ0n) is 12.1. The van der Waals surface area contributed by atoms with Crippen LogP contribution >= 0.6 is 0 Å². The first-order valence-electron chi connectivity index (χ1n) is 7.47. The third-order valence-corrected chi connectivity index (χ3v) is 3.77. The number of benzene rings is 1. The van der Waals surface area contributed by atoms with E-state index in [-0.39, 0.29) is 18.0 Å². The number of halogens is 1. The molecule has 1 fully saturated rings.